The lowest BCUT2D eigenvalue weighted by Gasteiger charge is -2.04. The van der Waals surface area contributed by atoms with E-state index in [-0.39, 0.29) is 0 Å². The van der Waals surface area contributed by atoms with Crippen LogP contribution in [0.5, 0.6) is 5.75 Å². The van der Waals surface area contributed by atoms with Gasteiger partial charge in [-0.1, -0.05) is 18.2 Å². The Morgan fingerprint density at radius 2 is 1.79 bits per heavy atom. The second-order valence-electron chi connectivity index (χ2n) is 4.56. The number of nitrogens with zero attached hydrogens (tertiary/aromatic N) is 1. The summed E-state index contributed by atoms with van der Waals surface area (Å²) in [6.45, 7) is 2.09. The molecule has 0 aliphatic rings. The Hall–Kier alpha value is -2.42. The van der Waals surface area contributed by atoms with Crippen LogP contribution in [0.2, 0.25) is 0 Å². The van der Waals surface area contributed by atoms with Gasteiger partial charge in [-0.2, -0.15) is 0 Å². The van der Waals surface area contributed by atoms with E-state index in [0.29, 0.717) is 0 Å². The number of methoxy groups -OCH3 is 1. The van der Waals surface area contributed by atoms with E-state index in [4.69, 9.17) is 10.5 Å². The summed E-state index contributed by atoms with van der Waals surface area (Å²) in [5, 5.41) is 0. The molecule has 0 saturated carbocycles. The zero-order valence-electron chi connectivity index (χ0n) is 11.1. The molecule has 0 spiro atoms. The topological polar surface area (TPSA) is 39.7 Å². The van der Waals surface area contributed by atoms with Gasteiger partial charge < -0.3 is 14.9 Å². The summed E-state index contributed by atoms with van der Waals surface area (Å²) < 4.78 is 7.31. The normalized spacial score (nSPS) is 10.8. The van der Waals surface area contributed by atoms with E-state index >= 15 is 0 Å². The third-order valence-corrected chi connectivity index (χ3v) is 3.51. The van der Waals surface area contributed by atoms with Crippen molar-refractivity contribution in [3.63, 3.8) is 0 Å². The highest BCUT2D eigenvalue weighted by atomic mass is 16.5. The predicted octanol–water partition coefficient (Wildman–Crippen LogP) is 3.51. The minimum Gasteiger partial charge on any atom is -0.497 e. The van der Waals surface area contributed by atoms with E-state index in [1.807, 2.05) is 48.7 Å². The SMILES string of the molecule is COc1ccc(-c2c(N)c3ccccn3c2C)cc1. The van der Waals surface area contributed by atoms with E-state index in [1.54, 1.807) is 7.11 Å². The van der Waals surface area contributed by atoms with Crippen LogP contribution in [-0.4, -0.2) is 11.5 Å². The van der Waals surface area contributed by atoms with E-state index in [2.05, 4.69) is 11.3 Å². The van der Waals surface area contributed by atoms with Crippen molar-refractivity contribution in [2.75, 3.05) is 12.8 Å². The van der Waals surface area contributed by atoms with Crippen molar-refractivity contribution < 1.29 is 4.74 Å². The number of hydrogen-bond donors (Lipinski definition) is 1. The van der Waals surface area contributed by atoms with Gasteiger partial charge in [0.1, 0.15) is 5.75 Å². The number of anilines is 1. The van der Waals surface area contributed by atoms with Crippen LogP contribution in [0.1, 0.15) is 5.69 Å². The monoisotopic (exact) mass is 252 g/mol. The molecule has 19 heavy (non-hydrogen) atoms. The zero-order valence-corrected chi connectivity index (χ0v) is 11.1. The lowest BCUT2D eigenvalue weighted by Crippen LogP contribution is -1.88. The van der Waals surface area contributed by atoms with Gasteiger partial charge in [-0.25, -0.2) is 0 Å². The van der Waals surface area contributed by atoms with E-state index < -0.39 is 0 Å². The molecule has 0 aliphatic carbocycles. The molecule has 0 atom stereocenters. The number of fused-ring (bicyclic) bond motifs is 1. The molecule has 0 radical (unpaired) electrons. The Morgan fingerprint density at radius 1 is 1.05 bits per heavy atom. The predicted molar refractivity (Wildman–Crippen MR) is 78.5 cm³/mol. The summed E-state index contributed by atoms with van der Waals surface area (Å²) >= 11 is 0. The van der Waals surface area contributed by atoms with Crippen LogP contribution in [0.25, 0.3) is 16.6 Å². The van der Waals surface area contributed by atoms with Crippen molar-refractivity contribution in [3.8, 4) is 16.9 Å². The molecule has 3 nitrogen and oxygen atoms in total. The van der Waals surface area contributed by atoms with E-state index in [1.165, 1.54) is 0 Å². The number of hydrogen-bond acceptors (Lipinski definition) is 2. The largest absolute Gasteiger partial charge is 0.497 e. The fourth-order valence-corrected chi connectivity index (χ4v) is 2.52. The van der Waals surface area contributed by atoms with Crippen LogP contribution in [0.15, 0.2) is 48.7 Å². The molecule has 0 amide bonds. The van der Waals surface area contributed by atoms with Crippen molar-refractivity contribution in [3.05, 3.63) is 54.4 Å². The molecule has 0 saturated heterocycles. The smallest absolute Gasteiger partial charge is 0.118 e. The van der Waals surface area contributed by atoms with Gasteiger partial charge in [0, 0.05) is 17.5 Å². The summed E-state index contributed by atoms with van der Waals surface area (Å²) in [5.41, 5.74) is 11.5. The van der Waals surface area contributed by atoms with Crippen molar-refractivity contribution in [1.82, 2.24) is 4.40 Å². The Morgan fingerprint density at radius 3 is 2.42 bits per heavy atom. The van der Waals surface area contributed by atoms with Gasteiger partial charge in [-0.3, -0.25) is 0 Å². The molecular formula is C16H16N2O. The maximum atomic E-state index is 6.29. The van der Waals surface area contributed by atoms with Gasteiger partial charge in [0.05, 0.1) is 18.3 Å². The highest BCUT2D eigenvalue weighted by molar-refractivity contribution is 5.90. The molecule has 2 aromatic heterocycles. The number of nitrogen functional groups attached to an aromatic ring is 1. The second kappa shape index (κ2) is 4.35. The van der Waals surface area contributed by atoms with Gasteiger partial charge in [0.25, 0.3) is 0 Å². The van der Waals surface area contributed by atoms with Crippen LogP contribution in [0.3, 0.4) is 0 Å². The minimum absolute atomic E-state index is 0.822. The van der Waals surface area contributed by atoms with Crippen LogP contribution < -0.4 is 10.5 Å². The van der Waals surface area contributed by atoms with Gasteiger partial charge in [0.2, 0.25) is 0 Å². The maximum absolute atomic E-state index is 6.29. The van der Waals surface area contributed by atoms with Gasteiger partial charge in [0.15, 0.2) is 0 Å². The molecule has 2 heterocycles. The number of aryl methyl sites for hydroxylation is 1. The molecule has 0 aliphatic heterocycles. The first-order valence-electron chi connectivity index (χ1n) is 6.22. The van der Waals surface area contributed by atoms with Crippen molar-refractivity contribution in [2.45, 2.75) is 6.92 Å². The average Bonchev–Trinajstić information content (AvgIpc) is 2.72. The fraction of sp³-hybridized carbons (Fsp3) is 0.125. The first-order valence-corrected chi connectivity index (χ1v) is 6.22. The van der Waals surface area contributed by atoms with Crippen LogP contribution in [0, 0.1) is 6.92 Å². The Balaban J connectivity index is 2.24. The summed E-state index contributed by atoms with van der Waals surface area (Å²) in [6, 6.07) is 14.0. The van der Waals surface area contributed by atoms with Crippen LogP contribution in [0.4, 0.5) is 5.69 Å². The van der Waals surface area contributed by atoms with Gasteiger partial charge in [-0.15, -0.1) is 0 Å². The lowest BCUT2D eigenvalue weighted by molar-refractivity contribution is 0.415. The second-order valence-corrected chi connectivity index (χ2v) is 4.56. The average molecular weight is 252 g/mol. The summed E-state index contributed by atoms with van der Waals surface area (Å²) in [6.07, 6.45) is 2.04. The number of rotatable bonds is 2. The Labute approximate surface area is 112 Å². The molecule has 0 unspecified atom stereocenters. The van der Waals surface area contributed by atoms with E-state index in [9.17, 15) is 0 Å². The number of ether oxygens (including phenoxy) is 1. The van der Waals surface area contributed by atoms with Gasteiger partial charge in [-0.05, 0) is 36.8 Å². The number of benzene rings is 1. The third-order valence-electron chi connectivity index (χ3n) is 3.51. The quantitative estimate of drug-likeness (QED) is 0.758. The summed E-state index contributed by atoms with van der Waals surface area (Å²) in [7, 11) is 1.67. The third kappa shape index (κ3) is 1.74. The minimum atomic E-state index is 0.822. The molecule has 2 N–H and O–H groups in total. The van der Waals surface area contributed by atoms with Crippen LogP contribution >= 0.6 is 0 Å². The maximum Gasteiger partial charge on any atom is 0.118 e. The number of pyridine rings is 1. The van der Waals surface area contributed by atoms with Crippen molar-refractivity contribution >= 4 is 11.2 Å². The first kappa shape index (κ1) is 11.7. The molecule has 1 aromatic carbocycles. The van der Waals surface area contributed by atoms with E-state index in [0.717, 1.165) is 33.8 Å². The number of aromatic nitrogens is 1. The fourth-order valence-electron chi connectivity index (χ4n) is 2.52. The van der Waals surface area contributed by atoms with Gasteiger partial charge >= 0.3 is 0 Å². The molecule has 3 aromatic rings. The number of nitrogens with two attached hydrogens (primary N) is 1. The van der Waals surface area contributed by atoms with Crippen molar-refractivity contribution in [1.29, 1.82) is 0 Å². The highest BCUT2D eigenvalue weighted by Crippen LogP contribution is 2.35. The van der Waals surface area contributed by atoms with Crippen LogP contribution in [-0.2, 0) is 0 Å². The lowest BCUT2D eigenvalue weighted by atomic mass is 10.0. The standard InChI is InChI=1S/C16H16N2O/c1-11-15(12-6-8-13(19-2)9-7-12)16(17)14-5-3-4-10-18(11)14/h3-10H,17H2,1-2H3. The molecular weight excluding hydrogens is 236 g/mol. The Kier molecular flexibility index (Phi) is 2.67. The zero-order chi connectivity index (χ0) is 13.4. The van der Waals surface area contributed by atoms with Crippen molar-refractivity contribution in [2.24, 2.45) is 0 Å². The summed E-state index contributed by atoms with van der Waals surface area (Å²) in [5.74, 6) is 0.851. The summed E-state index contributed by atoms with van der Waals surface area (Å²) in [4.78, 5) is 0. The molecule has 96 valence electrons. The molecule has 3 heteroatoms. The molecule has 0 fully saturated rings. The molecule has 0 bridgehead atoms. The molecule has 3 rings (SSSR count). The first-order chi connectivity index (χ1) is 9.22. The highest BCUT2D eigenvalue weighted by Gasteiger charge is 2.14. The Bertz CT molecular complexity index is 687.